The quantitative estimate of drug-likeness (QED) is 0.171. The Hall–Kier alpha value is -3.53. The normalized spacial score (nSPS) is 12.1. The molecule has 0 aliphatic carbocycles. The number of nitrogens with zero attached hydrogens (tertiary/aromatic N) is 4. The zero-order valence-electron chi connectivity index (χ0n) is 16.3. The predicted molar refractivity (Wildman–Crippen MR) is 112 cm³/mol. The van der Waals surface area contributed by atoms with Crippen molar-refractivity contribution in [2.75, 3.05) is 25.6 Å². The Morgan fingerprint density at radius 1 is 1.32 bits per heavy atom. The zero-order chi connectivity index (χ0) is 21.8. The van der Waals surface area contributed by atoms with Crippen LogP contribution in [0.1, 0.15) is 12.0 Å². The lowest BCUT2D eigenvalue weighted by atomic mass is 10.2. The average molecular weight is 441 g/mol. The van der Waals surface area contributed by atoms with Crippen LogP contribution >= 0.6 is 11.8 Å². The number of nitrogens with one attached hydrogen (secondary N) is 2. The molecule has 3 aromatic rings. The summed E-state index contributed by atoms with van der Waals surface area (Å²) in [6.07, 6.45) is 7.23. The molecule has 0 spiro atoms. The molecule has 31 heavy (non-hydrogen) atoms. The fourth-order valence-electron chi connectivity index (χ4n) is 3.01. The third kappa shape index (κ3) is 4.33. The minimum Gasteiger partial charge on any atom is -0.454 e. The van der Waals surface area contributed by atoms with Gasteiger partial charge in [0.1, 0.15) is 6.33 Å². The van der Waals surface area contributed by atoms with Gasteiger partial charge in [-0.15, -0.1) is 6.42 Å². The second-order valence-electron chi connectivity index (χ2n) is 6.46. The number of aromatic nitrogens is 4. The summed E-state index contributed by atoms with van der Waals surface area (Å²) in [5, 5.41) is 12.3. The highest BCUT2D eigenvalue weighted by atomic mass is 32.2. The van der Waals surface area contributed by atoms with Crippen molar-refractivity contribution < 1.29 is 19.5 Å². The Bertz CT molecular complexity index is 1170. The maximum atomic E-state index is 11.1. The number of benzene rings is 1. The fraction of sp³-hybridized carbons (Fsp3) is 0.263. The number of nitrogens with two attached hydrogens (primary N) is 1. The smallest absolute Gasteiger partial charge is 0.244 e. The van der Waals surface area contributed by atoms with E-state index in [1.54, 1.807) is 11.5 Å². The van der Waals surface area contributed by atoms with Crippen LogP contribution in [0, 0.1) is 12.3 Å². The number of hydroxylamine groups is 1. The lowest BCUT2D eigenvalue weighted by Gasteiger charge is -2.10. The number of nitrogen functional groups attached to an aromatic ring is 1. The number of carbonyl (C=O) groups is 1. The van der Waals surface area contributed by atoms with Crippen LogP contribution in [-0.2, 0) is 11.3 Å². The molecule has 12 heteroatoms. The van der Waals surface area contributed by atoms with E-state index in [4.69, 9.17) is 26.8 Å². The van der Waals surface area contributed by atoms with Gasteiger partial charge in [-0.1, -0.05) is 17.7 Å². The molecular weight excluding hydrogens is 422 g/mol. The summed E-state index contributed by atoms with van der Waals surface area (Å²) in [5.74, 6) is 3.72. The number of fused-ring (bicyclic) bond motifs is 2. The first kappa shape index (κ1) is 20.7. The maximum absolute atomic E-state index is 11.1. The van der Waals surface area contributed by atoms with E-state index in [1.807, 2.05) is 10.6 Å². The van der Waals surface area contributed by atoms with Gasteiger partial charge < -0.3 is 25.1 Å². The highest BCUT2D eigenvalue weighted by Gasteiger charge is 2.21. The Balaban J connectivity index is 1.60. The first-order valence-electron chi connectivity index (χ1n) is 9.29. The number of amides is 1. The SMILES string of the molecule is C#Cc1cc2c(cc1Sc1nc3c(N)ncnc3n1CCNCCC(=O)NO)OCO2. The molecule has 1 aliphatic heterocycles. The van der Waals surface area contributed by atoms with Crippen LogP contribution in [0.2, 0.25) is 0 Å². The topological polar surface area (TPSA) is 149 Å². The van der Waals surface area contributed by atoms with Crippen molar-refractivity contribution in [2.24, 2.45) is 0 Å². The molecule has 1 aliphatic rings. The van der Waals surface area contributed by atoms with Gasteiger partial charge in [0, 0.05) is 42.6 Å². The van der Waals surface area contributed by atoms with Crippen LogP contribution in [-0.4, -0.2) is 50.5 Å². The number of rotatable bonds is 8. The Labute approximate surface area is 181 Å². The molecule has 0 unspecified atom stereocenters. The highest BCUT2D eigenvalue weighted by Crippen LogP contribution is 2.40. The molecule has 1 amide bonds. The van der Waals surface area contributed by atoms with Gasteiger partial charge >= 0.3 is 0 Å². The van der Waals surface area contributed by atoms with E-state index in [0.29, 0.717) is 53.0 Å². The molecule has 4 rings (SSSR count). The molecule has 0 fully saturated rings. The molecule has 0 saturated carbocycles. The predicted octanol–water partition coefficient (Wildman–Crippen LogP) is 0.755. The van der Waals surface area contributed by atoms with E-state index >= 15 is 0 Å². The Morgan fingerprint density at radius 2 is 2.13 bits per heavy atom. The molecule has 0 atom stereocenters. The molecular formula is C19H19N7O4S. The summed E-state index contributed by atoms with van der Waals surface area (Å²) in [6, 6.07) is 3.59. The number of carbonyl (C=O) groups excluding carboxylic acids is 1. The van der Waals surface area contributed by atoms with Gasteiger partial charge in [-0.3, -0.25) is 10.0 Å². The van der Waals surface area contributed by atoms with E-state index in [1.165, 1.54) is 18.1 Å². The van der Waals surface area contributed by atoms with Crippen LogP contribution in [0.5, 0.6) is 11.5 Å². The van der Waals surface area contributed by atoms with Crippen molar-refractivity contribution in [3.63, 3.8) is 0 Å². The molecule has 2 aromatic heterocycles. The molecule has 0 radical (unpaired) electrons. The molecule has 1 aromatic carbocycles. The van der Waals surface area contributed by atoms with E-state index in [-0.39, 0.29) is 19.0 Å². The first-order valence-corrected chi connectivity index (χ1v) is 10.1. The van der Waals surface area contributed by atoms with Gasteiger partial charge in [-0.2, -0.15) is 0 Å². The van der Waals surface area contributed by atoms with Crippen LogP contribution in [0.3, 0.4) is 0 Å². The summed E-state index contributed by atoms with van der Waals surface area (Å²) in [7, 11) is 0. The summed E-state index contributed by atoms with van der Waals surface area (Å²) in [6.45, 7) is 1.59. The standard InChI is InChI=1S/C19H19N7O4S/c1-2-11-7-12-13(30-10-29-12)8-14(11)31-19-24-16-17(20)22-9-23-18(16)26(19)6-5-21-4-3-15(27)25-28/h1,7-9,21,28H,3-6,10H2,(H,25,27)(H2,20,22,23). The largest absolute Gasteiger partial charge is 0.454 e. The minimum absolute atomic E-state index is 0.151. The monoisotopic (exact) mass is 441 g/mol. The number of hydrogen-bond acceptors (Lipinski definition) is 10. The van der Waals surface area contributed by atoms with Crippen molar-refractivity contribution in [2.45, 2.75) is 23.0 Å². The molecule has 11 nitrogen and oxygen atoms in total. The van der Waals surface area contributed by atoms with Crippen molar-refractivity contribution in [3.8, 4) is 23.8 Å². The van der Waals surface area contributed by atoms with Crippen molar-refractivity contribution in [1.82, 2.24) is 30.3 Å². The van der Waals surface area contributed by atoms with E-state index < -0.39 is 5.91 Å². The van der Waals surface area contributed by atoms with Gasteiger partial charge in [0.2, 0.25) is 12.7 Å². The van der Waals surface area contributed by atoms with Gasteiger partial charge in [0.15, 0.2) is 33.6 Å². The maximum Gasteiger partial charge on any atom is 0.244 e. The number of anilines is 1. The van der Waals surface area contributed by atoms with Crippen LogP contribution in [0.15, 0.2) is 28.5 Å². The first-order chi connectivity index (χ1) is 15.1. The van der Waals surface area contributed by atoms with Gasteiger partial charge in [-0.05, 0) is 6.07 Å². The molecule has 3 heterocycles. The van der Waals surface area contributed by atoms with Crippen LogP contribution in [0.4, 0.5) is 5.82 Å². The fourth-order valence-corrected chi connectivity index (χ4v) is 4.02. The summed E-state index contributed by atoms with van der Waals surface area (Å²) in [4.78, 5) is 24.9. The number of terminal acetylenes is 1. The molecule has 160 valence electrons. The van der Waals surface area contributed by atoms with Crippen molar-refractivity contribution in [3.05, 3.63) is 24.0 Å². The lowest BCUT2D eigenvalue weighted by Crippen LogP contribution is -2.27. The van der Waals surface area contributed by atoms with Gasteiger partial charge in [0.05, 0.1) is 0 Å². The summed E-state index contributed by atoms with van der Waals surface area (Å²) < 4.78 is 12.8. The van der Waals surface area contributed by atoms with Crippen molar-refractivity contribution >= 4 is 34.7 Å². The van der Waals surface area contributed by atoms with Gasteiger partial charge in [0.25, 0.3) is 0 Å². The van der Waals surface area contributed by atoms with Crippen LogP contribution in [0.25, 0.3) is 11.2 Å². The lowest BCUT2D eigenvalue weighted by molar-refractivity contribution is -0.129. The minimum atomic E-state index is -0.457. The van der Waals surface area contributed by atoms with E-state index in [0.717, 1.165) is 4.90 Å². The van der Waals surface area contributed by atoms with Crippen LogP contribution < -0.4 is 26.0 Å². The second-order valence-corrected chi connectivity index (χ2v) is 7.47. The number of hydrogen-bond donors (Lipinski definition) is 4. The number of ether oxygens (including phenoxy) is 2. The molecule has 0 saturated heterocycles. The summed E-state index contributed by atoms with van der Waals surface area (Å²) in [5.41, 5.74) is 9.34. The average Bonchev–Trinajstić information content (AvgIpc) is 3.37. The van der Waals surface area contributed by atoms with Crippen molar-refractivity contribution in [1.29, 1.82) is 0 Å². The number of imidazole rings is 1. The third-order valence-electron chi connectivity index (χ3n) is 4.52. The summed E-state index contributed by atoms with van der Waals surface area (Å²) >= 11 is 1.36. The van der Waals surface area contributed by atoms with Gasteiger partial charge in [-0.25, -0.2) is 20.4 Å². The second kappa shape index (κ2) is 9.09. The van der Waals surface area contributed by atoms with E-state index in [2.05, 4.69) is 26.2 Å². The third-order valence-corrected chi connectivity index (χ3v) is 5.57. The zero-order valence-corrected chi connectivity index (χ0v) is 17.1. The van der Waals surface area contributed by atoms with E-state index in [9.17, 15) is 4.79 Å². The Morgan fingerprint density at radius 3 is 2.90 bits per heavy atom. The Kier molecular flexibility index (Phi) is 6.08. The highest BCUT2D eigenvalue weighted by molar-refractivity contribution is 7.99. The molecule has 0 bridgehead atoms. The molecule has 5 N–H and O–H groups in total.